The highest BCUT2D eigenvalue weighted by molar-refractivity contribution is 5.97. The van der Waals surface area contributed by atoms with Gasteiger partial charge in [0.05, 0.1) is 0 Å². The Kier molecular flexibility index (Phi) is 5.63. The SMILES string of the molecule is Cc1cc(C)c(C(=O)N[C@H]2CCC[C@H]2C2CCCCCC2)c(C)c1. The number of hydrogen-bond acceptors (Lipinski definition) is 1. The number of aryl methyl sites for hydroxylation is 3. The first-order chi connectivity index (χ1) is 11.6. The number of hydrogen-bond donors (Lipinski definition) is 1. The Morgan fingerprint density at radius 2 is 1.50 bits per heavy atom. The highest BCUT2D eigenvalue weighted by Gasteiger charge is 2.35. The van der Waals surface area contributed by atoms with Crippen molar-refractivity contribution < 1.29 is 4.79 Å². The standard InChI is InChI=1S/C22H33NO/c1-15-13-16(2)21(17(3)14-15)22(24)23-20-12-8-11-19(20)18-9-6-4-5-7-10-18/h13-14,18-20H,4-12H2,1-3H3,(H,23,24)/t19-,20-/m0/s1. The van der Waals surface area contributed by atoms with Crippen LogP contribution in [0.1, 0.15) is 84.8 Å². The summed E-state index contributed by atoms with van der Waals surface area (Å²) in [4.78, 5) is 12.9. The van der Waals surface area contributed by atoms with E-state index in [2.05, 4.69) is 38.2 Å². The van der Waals surface area contributed by atoms with Crippen LogP contribution in [0.15, 0.2) is 12.1 Å². The Bertz CT molecular complexity index is 561. The molecule has 2 nitrogen and oxygen atoms in total. The fraction of sp³-hybridized carbons (Fsp3) is 0.682. The van der Waals surface area contributed by atoms with E-state index in [4.69, 9.17) is 0 Å². The predicted molar refractivity (Wildman–Crippen MR) is 100 cm³/mol. The molecule has 0 aliphatic heterocycles. The van der Waals surface area contributed by atoms with E-state index in [9.17, 15) is 4.79 Å². The maximum Gasteiger partial charge on any atom is 0.252 e. The molecule has 0 radical (unpaired) electrons. The molecule has 2 saturated carbocycles. The lowest BCUT2D eigenvalue weighted by Crippen LogP contribution is -2.40. The summed E-state index contributed by atoms with van der Waals surface area (Å²) < 4.78 is 0. The number of rotatable bonds is 3. The molecule has 24 heavy (non-hydrogen) atoms. The van der Waals surface area contributed by atoms with Crippen molar-refractivity contribution in [2.75, 3.05) is 0 Å². The Balaban J connectivity index is 1.71. The second-order valence-electron chi connectivity index (χ2n) is 8.20. The monoisotopic (exact) mass is 327 g/mol. The van der Waals surface area contributed by atoms with E-state index >= 15 is 0 Å². The Hall–Kier alpha value is -1.31. The summed E-state index contributed by atoms with van der Waals surface area (Å²) >= 11 is 0. The summed E-state index contributed by atoms with van der Waals surface area (Å²) in [5.41, 5.74) is 4.34. The lowest BCUT2D eigenvalue weighted by molar-refractivity contribution is 0.0914. The van der Waals surface area contributed by atoms with Crippen LogP contribution in [-0.4, -0.2) is 11.9 Å². The molecule has 0 aromatic heterocycles. The molecule has 2 fully saturated rings. The van der Waals surface area contributed by atoms with Crippen LogP contribution in [0.25, 0.3) is 0 Å². The van der Waals surface area contributed by atoms with E-state index < -0.39 is 0 Å². The third-order valence-corrected chi connectivity index (χ3v) is 6.30. The smallest absolute Gasteiger partial charge is 0.252 e. The maximum absolute atomic E-state index is 12.9. The van der Waals surface area contributed by atoms with Crippen LogP contribution < -0.4 is 5.32 Å². The molecular formula is C22H33NO. The fourth-order valence-corrected chi connectivity index (χ4v) is 5.25. The number of benzene rings is 1. The summed E-state index contributed by atoms with van der Waals surface area (Å²) in [6.45, 7) is 6.22. The minimum Gasteiger partial charge on any atom is -0.349 e. The molecule has 2 aliphatic rings. The van der Waals surface area contributed by atoms with Gasteiger partial charge in [0, 0.05) is 11.6 Å². The molecule has 1 aromatic carbocycles. The lowest BCUT2D eigenvalue weighted by Gasteiger charge is -2.29. The van der Waals surface area contributed by atoms with Crippen LogP contribution in [0.4, 0.5) is 0 Å². The first-order valence-electron chi connectivity index (χ1n) is 9.95. The Morgan fingerprint density at radius 3 is 2.12 bits per heavy atom. The van der Waals surface area contributed by atoms with Gasteiger partial charge in [0.2, 0.25) is 0 Å². The van der Waals surface area contributed by atoms with Crippen LogP contribution in [0.3, 0.4) is 0 Å². The molecule has 132 valence electrons. The Labute approximate surface area is 147 Å². The molecule has 0 saturated heterocycles. The van der Waals surface area contributed by atoms with Gasteiger partial charge in [0.1, 0.15) is 0 Å². The summed E-state index contributed by atoms with van der Waals surface area (Å²) in [5, 5.41) is 3.43. The molecular weight excluding hydrogens is 294 g/mol. The van der Waals surface area contributed by atoms with E-state index in [1.807, 2.05) is 0 Å². The largest absolute Gasteiger partial charge is 0.349 e. The summed E-state index contributed by atoms with van der Waals surface area (Å²) in [5.74, 6) is 1.69. The summed E-state index contributed by atoms with van der Waals surface area (Å²) in [7, 11) is 0. The maximum atomic E-state index is 12.9. The fourth-order valence-electron chi connectivity index (χ4n) is 5.25. The zero-order valence-electron chi connectivity index (χ0n) is 15.7. The topological polar surface area (TPSA) is 29.1 Å². The molecule has 3 rings (SSSR count). The van der Waals surface area contributed by atoms with Gasteiger partial charge in [-0.3, -0.25) is 4.79 Å². The van der Waals surface area contributed by atoms with Crippen molar-refractivity contribution in [1.82, 2.24) is 5.32 Å². The summed E-state index contributed by atoms with van der Waals surface area (Å²) in [6, 6.07) is 4.64. The molecule has 1 aromatic rings. The third-order valence-electron chi connectivity index (χ3n) is 6.30. The second kappa shape index (κ2) is 7.72. The molecule has 1 N–H and O–H groups in total. The first-order valence-corrected chi connectivity index (χ1v) is 9.95. The van der Waals surface area contributed by atoms with Gasteiger partial charge in [-0.05, 0) is 56.6 Å². The van der Waals surface area contributed by atoms with Crippen molar-refractivity contribution >= 4 is 5.91 Å². The minimum absolute atomic E-state index is 0.149. The van der Waals surface area contributed by atoms with Crippen molar-refractivity contribution in [1.29, 1.82) is 0 Å². The van der Waals surface area contributed by atoms with Crippen LogP contribution >= 0.6 is 0 Å². The highest BCUT2D eigenvalue weighted by atomic mass is 16.1. The van der Waals surface area contributed by atoms with Crippen LogP contribution in [0, 0.1) is 32.6 Å². The van der Waals surface area contributed by atoms with E-state index in [1.165, 1.54) is 56.9 Å². The van der Waals surface area contributed by atoms with Gasteiger partial charge in [0.25, 0.3) is 5.91 Å². The molecule has 1 amide bonds. The minimum atomic E-state index is 0.149. The van der Waals surface area contributed by atoms with Gasteiger partial charge in [-0.1, -0.05) is 62.6 Å². The van der Waals surface area contributed by atoms with Gasteiger partial charge in [-0.2, -0.15) is 0 Å². The third kappa shape index (κ3) is 3.84. The van der Waals surface area contributed by atoms with Gasteiger partial charge in [-0.15, -0.1) is 0 Å². The predicted octanol–water partition coefficient (Wildman–Crippen LogP) is 5.48. The number of nitrogens with one attached hydrogen (secondary N) is 1. The van der Waals surface area contributed by atoms with Crippen LogP contribution in [0.5, 0.6) is 0 Å². The second-order valence-corrected chi connectivity index (χ2v) is 8.20. The number of carbonyl (C=O) groups excluding carboxylic acids is 1. The number of carbonyl (C=O) groups is 1. The Morgan fingerprint density at radius 1 is 0.875 bits per heavy atom. The van der Waals surface area contributed by atoms with Crippen molar-refractivity contribution in [3.63, 3.8) is 0 Å². The van der Waals surface area contributed by atoms with E-state index in [0.29, 0.717) is 12.0 Å². The zero-order valence-corrected chi connectivity index (χ0v) is 15.7. The van der Waals surface area contributed by atoms with Crippen molar-refractivity contribution in [2.24, 2.45) is 11.8 Å². The normalized spacial score (nSPS) is 25.5. The van der Waals surface area contributed by atoms with Crippen LogP contribution in [-0.2, 0) is 0 Å². The van der Waals surface area contributed by atoms with E-state index in [1.54, 1.807) is 0 Å². The molecule has 2 heteroatoms. The van der Waals surface area contributed by atoms with Crippen molar-refractivity contribution in [2.45, 2.75) is 84.6 Å². The van der Waals surface area contributed by atoms with Crippen molar-refractivity contribution in [3.05, 3.63) is 34.4 Å². The molecule has 0 bridgehead atoms. The molecule has 0 heterocycles. The van der Waals surface area contributed by atoms with E-state index in [-0.39, 0.29) is 5.91 Å². The summed E-state index contributed by atoms with van der Waals surface area (Å²) in [6.07, 6.45) is 12.1. The van der Waals surface area contributed by atoms with Gasteiger partial charge in [-0.25, -0.2) is 0 Å². The lowest BCUT2D eigenvalue weighted by atomic mass is 9.82. The zero-order chi connectivity index (χ0) is 17.1. The molecule has 0 unspecified atom stereocenters. The average Bonchev–Trinajstić information content (AvgIpc) is 2.80. The molecule has 2 aliphatic carbocycles. The van der Waals surface area contributed by atoms with Gasteiger partial charge in [0.15, 0.2) is 0 Å². The van der Waals surface area contributed by atoms with E-state index in [0.717, 1.165) is 29.0 Å². The number of amides is 1. The molecule has 2 atom stereocenters. The van der Waals surface area contributed by atoms with Crippen molar-refractivity contribution in [3.8, 4) is 0 Å². The van der Waals surface area contributed by atoms with Gasteiger partial charge < -0.3 is 5.32 Å². The van der Waals surface area contributed by atoms with Crippen LogP contribution in [0.2, 0.25) is 0 Å². The van der Waals surface area contributed by atoms with Gasteiger partial charge >= 0.3 is 0 Å². The first kappa shape index (κ1) is 17.5. The molecule has 0 spiro atoms. The highest BCUT2D eigenvalue weighted by Crippen LogP contribution is 2.39. The quantitative estimate of drug-likeness (QED) is 0.732. The average molecular weight is 328 g/mol.